The summed E-state index contributed by atoms with van der Waals surface area (Å²) in [5.41, 5.74) is 0.811. The van der Waals surface area contributed by atoms with E-state index in [0.717, 1.165) is 17.4 Å². The van der Waals surface area contributed by atoms with Gasteiger partial charge in [-0.15, -0.1) is 0 Å². The third-order valence-corrected chi connectivity index (χ3v) is 5.97. The molecule has 3 rings (SSSR count). The summed E-state index contributed by atoms with van der Waals surface area (Å²) in [6.45, 7) is 5.21. The van der Waals surface area contributed by atoms with Gasteiger partial charge >= 0.3 is 0 Å². The predicted octanol–water partition coefficient (Wildman–Crippen LogP) is 4.22. The fourth-order valence-corrected chi connectivity index (χ4v) is 4.67. The van der Waals surface area contributed by atoms with Crippen LogP contribution in [0.4, 0.5) is 0 Å². The van der Waals surface area contributed by atoms with E-state index < -0.39 is 0 Å². The Morgan fingerprint density at radius 1 is 1.00 bits per heavy atom. The largest absolute Gasteiger partial charge is 0.300 e. The lowest BCUT2D eigenvalue weighted by Gasteiger charge is -2.53. The maximum atomic E-state index is 2.84. The minimum Gasteiger partial charge on any atom is -0.300 e. The van der Waals surface area contributed by atoms with Gasteiger partial charge in [0.05, 0.1) is 0 Å². The number of hydrogen-bond acceptors (Lipinski definition) is 1. The summed E-state index contributed by atoms with van der Waals surface area (Å²) in [6, 6.07) is 0.961. The third kappa shape index (κ3) is 2.41. The van der Waals surface area contributed by atoms with Crippen molar-refractivity contribution in [1.29, 1.82) is 0 Å². The van der Waals surface area contributed by atoms with Gasteiger partial charge in [0, 0.05) is 6.04 Å². The Balaban J connectivity index is 1.47. The number of likely N-dealkylation sites (tertiary alicyclic amines) is 1. The highest BCUT2D eigenvalue weighted by molar-refractivity contribution is 4.97. The summed E-state index contributed by atoms with van der Waals surface area (Å²) in [5, 5.41) is 0. The molecular formula is C16H29N. The Morgan fingerprint density at radius 2 is 1.65 bits per heavy atom. The molecule has 1 saturated heterocycles. The summed E-state index contributed by atoms with van der Waals surface area (Å²) in [6.07, 6.45) is 15.0. The zero-order valence-corrected chi connectivity index (χ0v) is 11.6. The fraction of sp³-hybridized carbons (Fsp3) is 1.00. The topological polar surface area (TPSA) is 3.24 Å². The summed E-state index contributed by atoms with van der Waals surface area (Å²) < 4.78 is 0. The Bertz CT molecular complexity index is 238. The van der Waals surface area contributed by atoms with Crippen molar-refractivity contribution in [2.75, 3.05) is 13.1 Å². The van der Waals surface area contributed by atoms with E-state index in [9.17, 15) is 0 Å². The molecule has 0 aromatic heterocycles. The maximum absolute atomic E-state index is 2.84. The molecule has 1 spiro atoms. The van der Waals surface area contributed by atoms with Gasteiger partial charge in [-0.25, -0.2) is 0 Å². The van der Waals surface area contributed by atoms with Crippen molar-refractivity contribution in [1.82, 2.24) is 4.90 Å². The zero-order chi connectivity index (χ0) is 11.7. The van der Waals surface area contributed by atoms with Crippen LogP contribution in [0.5, 0.6) is 0 Å². The van der Waals surface area contributed by atoms with Gasteiger partial charge in [0.2, 0.25) is 0 Å². The van der Waals surface area contributed by atoms with Crippen LogP contribution in [0.15, 0.2) is 0 Å². The van der Waals surface area contributed by atoms with Gasteiger partial charge in [0.1, 0.15) is 0 Å². The van der Waals surface area contributed by atoms with Crippen molar-refractivity contribution >= 4 is 0 Å². The Hall–Kier alpha value is -0.0400. The van der Waals surface area contributed by atoms with Crippen molar-refractivity contribution in [3.63, 3.8) is 0 Å². The molecule has 2 aliphatic carbocycles. The van der Waals surface area contributed by atoms with Crippen LogP contribution < -0.4 is 0 Å². The van der Waals surface area contributed by atoms with E-state index in [1.54, 1.807) is 12.8 Å². The van der Waals surface area contributed by atoms with Crippen LogP contribution in [-0.4, -0.2) is 24.0 Å². The highest BCUT2D eigenvalue weighted by Crippen LogP contribution is 2.53. The summed E-state index contributed by atoms with van der Waals surface area (Å²) >= 11 is 0. The highest BCUT2D eigenvalue weighted by atomic mass is 15.2. The summed E-state index contributed by atoms with van der Waals surface area (Å²) in [7, 11) is 0. The van der Waals surface area contributed by atoms with Crippen LogP contribution in [0.3, 0.4) is 0 Å². The van der Waals surface area contributed by atoms with E-state index in [1.165, 1.54) is 64.5 Å². The average Bonchev–Trinajstić information content (AvgIpc) is 2.37. The van der Waals surface area contributed by atoms with Crippen molar-refractivity contribution in [3.05, 3.63) is 0 Å². The lowest BCUT2D eigenvalue weighted by Crippen LogP contribution is -2.50. The first-order valence-electron chi connectivity index (χ1n) is 8.05. The molecule has 17 heavy (non-hydrogen) atoms. The number of nitrogens with zero attached hydrogens (tertiary/aromatic N) is 1. The van der Waals surface area contributed by atoms with Crippen LogP contribution in [0.1, 0.15) is 71.1 Å². The van der Waals surface area contributed by atoms with Crippen molar-refractivity contribution in [2.24, 2.45) is 11.3 Å². The molecule has 98 valence electrons. The van der Waals surface area contributed by atoms with Crippen LogP contribution in [-0.2, 0) is 0 Å². The normalized spacial score (nSPS) is 31.6. The molecule has 1 nitrogen and oxygen atoms in total. The Kier molecular flexibility index (Phi) is 3.47. The first-order chi connectivity index (χ1) is 8.31. The van der Waals surface area contributed by atoms with Crippen LogP contribution in [0.2, 0.25) is 0 Å². The Labute approximate surface area is 107 Å². The second-order valence-electron chi connectivity index (χ2n) is 7.01. The van der Waals surface area contributed by atoms with E-state index in [2.05, 4.69) is 11.8 Å². The summed E-state index contributed by atoms with van der Waals surface area (Å²) in [4.78, 5) is 2.84. The monoisotopic (exact) mass is 235 g/mol. The van der Waals surface area contributed by atoms with Crippen molar-refractivity contribution in [3.8, 4) is 0 Å². The molecule has 0 aromatic carbocycles. The molecule has 0 unspecified atom stereocenters. The molecule has 1 heteroatoms. The molecule has 0 N–H and O–H groups in total. The second-order valence-corrected chi connectivity index (χ2v) is 7.01. The molecule has 3 fully saturated rings. The molecule has 0 aromatic rings. The van der Waals surface area contributed by atoms with E-state index in [4.69, 9.17) is 0 Å². The fourth-order valence-electron chi connectivity index (χ4n) is 4.67. The lowest BCUT2D eigenvalue weighted by molar-refractivity contribution is -0.0291. The van der Waals surface area contributed by atoms with Gasteiger partial charge in [-0.2, -0.15) is 0 Å². The van der Waals surface area contributed by atoms with E-state index in [-0.39, 0.29) is 0 Å². The second kappa shape index (κ2) is 4.91. The van der Waals surface area contributed by atoms with E-state index in [0.29, 0.717) is 0 Å². The molecule has 1 heterocycles. The molecule has 0 atom stereocenters. The smallest absolute Gasteiger partial charge is 0.00952 e. The average molecular weight is 235 g/mol. The molecule has 2 saturated carbocycles. The number of hydrogen-bond donors (Lipinski definition) is 0. The molecule has 1 aliphatic heterocycles. The highest BCUT2D eigenvalue weighted by Gasteiger charge is 2.45. The zero-order valence-electron chi connectivity index (χ0n) is 11.6. The summed E-state index contributed by atoms with van der Waals surface area (Å²) in [5.74, 6) is 1.08. The molecular weight excluding hydrogens is 206 g/mol. The minimum atomic E-state index is 0.811. The van der Waals surface area contributed by atoms with Crippen LogP contribution >= 0.6 is 0 Å². The van der Waals surface area contributed by atoms with Gasteiger partial charge in [-0.05, 0) is 62.9 Å². The Morgan fingerprint density at radius 3 is 2.24 bits per heavy atom. The van der Waals surface area contributed by atoms with Crippen molar-refractivity contribution < 1.29 is 0 Å². The van der Waals surface area contributed by atoms with E-state index >= 15 is 0 Å². The molecule has 0 amide bonds. The minimum absolute atomic E-state index is 0.811. The standard InChI is InChI=1S/C16H29N/c1-2-14-12-16(13-14)8-10-17(11-9-16)15-6-4-3-5-7-15/h14-15H,2-13H2,1H3. The first kappa shape index (κ1) is 12.0. The van der Waals surface area contributed by atoms with Gasteiger partial charge in [0.15, 0.2) is 0 Å². The van der Waals surface area contributed by atoms with Crippen molar-refractivity contribution in [2.45, 2.75) is 77.2 Å². The number of piperidine rings is 1. The van der Waals surface area contributed by atoms with Crippen LogP contribution in [0.25, 0.3) is 0 Å². The molecule has 3 aliphatic rings. The van der Waals surface area contributed by atoms with Crippen LogP contribution in [0, 0.1) is 11.3 Å². The van der Waals surface area contributed by atoms with Gasteiger partial charge in [0.25, 0.3) is 0 Å². The SMILES string of the molecule is CCC1CC2(CCN(C3CCCCC3)CC2)C1. The third-order valence-electron chi connectivity index (χ3n) is 5.97. The molecule has 0 bridgehead atoms. The first-order valence-corrected chi connectivity index (χ1v) is 8.05. The quantitative estimate of drug-likeness (QED) is 0.692. The number of rotatable bonds is 2. The predicted molar refractivity (Wildman–Crippen MR) is 73.1 cm³/mol. The van der Waals surface area contributed by atoms with Gasteiger partial charge in [-0.1, -0.05) is 32.6 Å². The van der Waals surface area contributed by atoms with Gasteiger partial charge in [-0.3, -0.25) is 0 Å². The maximum Gasteiger partial charge on any atom is 0.00952 e. The van der Waals surface area contributed by atoms with Gasteiger partial charge < -0.3 is 4.90 Å². The molecule has 0 radical (unpaired) electrons. The lowest BCUT2D eigenvalue weighted by atomic mass is 9.57. The van der Waals surface area contributed by atoms with E-state index in [1.807, 2.05) is 0 Å².